The third-order valence-electron chi connectivity index (χ3n) is 5.52. The second-order valence-electron chi connectivity index (χ2n) is 7.60. The average Bonchev–Trinajstić information content (AvgIpc) is 3.10. The first-order valence-corrected chi connectivity index (χ1v) is 10.2. The van der Waals surface area contributed by atoms with Gasteiger partial charge in [-0.1, -0.05) is 42.5 Å². The van der Waals surface area contributed by atoms with Gasteiger partial charge in [0.25, 0.3) is 5.91 Å². The van der Waals surface area contributed by atoms with Crippen LogP contribution in [0.15, 0.2) is 54.7 Å². The standard InChI is InChI=1S/C24H28N2O2/c1-19-10-11-21-22(24(27)25-13-15-28-16-14-25)18-26(23(21)17-19)12-6-5-9-20-7-3-2-4-8-20/h2-4,7-8,10-11,17-18H,5-6,9,12-16H2,1H3. The number of carbonyl (C=O) groups is 1. The van der Waals surface area contributed by atoms with Crippen LogP contribution < -0.4 is 0 Å². The summed E-state index contributed by atoms with van der Waals surface area (Å²) in [7, 11) is 0. The number of nitrogens with zero attached hydrogens (tertiary/aromatic N) is 2. The van der Waals surface area contributed by atoms with E-state index in [0.29, 0.717) is 26.3 Å². The molecule has 4 nitrogen and oxygen atoms in total. The van der Waals surface area contributed by atoms with Crippen LogP contribution in [0.5, 0.6) is 0 Å². The van der Waals surface area contributed by atoms with E-state index >= 15 is 0 Å². The van der Waals surface area contributed by atoms with Crippen LogP contribution in [0.4, 0.5) is 0 Å². The molecule has 1 fully saturated rings. The van der Waals surface area contributed by atoms with Crippen molar-refractivity contribution in [2.75, 3.05) is 26.3 Å². The van der Waals surface area contributed by atoms with E-state index in [0.717, 1.165) is 42.3 Å². The molecule has 0 atom stereocenters. The molecule has 1 amide bonds. The Labute approximate surface area is 166 Å². The predicted octanol–water partition coefficient (Wildman–Crippen LogP) is 4.45. The van der Waals surface area contributed by atoms with Crippen molar-refractivity contribution in [1.82, 2.24) is 9.47 Å². The van der Waals surface area contributed by atoms with E-state index in [4.69, 9.17) is 4.74 Å². The van der Waals surface area contributed by atoms with Gasteiger partial charge in [0.2, 0.25) is 0 Å². The van der Waals surface area contributed by atoms with E-state index in [-0.39, 0.29) is 5.91 Å². The van der Waals surface area contributed by atoms with Gasteiger partial charge in [-0.05, 0) is 43.4 Å². The van der Waals surface area contributed by atoms with E-state index in [2.05, 4.69) is 66.2 Å². The SMILES string of the molecule is Cc1ccc2c(C(=O)N3CCOCC3)cn(CCCCc3ccccc3)c2c1. The Kier molecular flexibility index (Phi) is 5.77. The van der Waals surface area contributed by atoms with Gasteiger partial charge >= 0.3 is 0 Å². The minimum atomic E-state index is 0.125. The quantitative estimate of drug-likeness (QED) is 0.596. The Morgan fingerprint density at radius 3 is 2.61 bits per heavy atom. The summed E-state index contributed by atoms with van der Waals surface area (Å²) >= 11 is 0. The van der Waals surface area contributed by atoms with E-state index in [1.54, 1.807) is 0 Å². The van der Waals surface area contributed by atoms with Gasteiger partial charge in [-0.25, -0.2) is 0 Å². The minimum absolute atomic E-state index is 0.125. The van der Waals surface area contributed by atoms with E-state index in [9.17, 15) is 4.79 Å². The summed E-state index contributed by atoms with van der Waals surface area (Å²) in [5.74, 6) is 0.125. The van der Waals surface area contributed by atoms with Crippen molar-refractivity contribution in [2.24, 2.45) is 0 Å². The lowest BCUT2D eigenvalue weighted by atomic mass is 10.1. The summed E-state index contributed by atoms with van der Waals surface area (Å²) in [6, 6.07) is 17.0. The number of ether oxygens (including phenoxy) is 1. The van der Waals surface area contributed by atoms with Gasteiger partial charge in [0.15, 0.2) is 0 Å². The van der Waals surface area contributed by atoms with E-state index < -0.39 is 0 Å². The number of unbranched alkanes of at least 4 members (excludes halogenated alkanes) is 1. The first-order valence-electron chi connectivity index (χ1n) is 10.2. The molecule has 0 spiro atoms. The van der Waals surface area contributed by atoms with Crippen molar-refractivity contribution in [3.63, 3.8) is 0 Å². The molecule has 2 heterocycles. The minimum Gasteiger partial charge on any atom is -0.378 e. The van der Waals surface area contributed by atoms with Crippen molar-refractivity contribution in [3.05, 3.63) is 71.4 Å². The fraction of sp³-hybridized carbons (Fsp3) is 0.375. The summed E-state index contributed by atoms with van der Waals surface area (Å²) in [6.07, 6.45) is 5.39. The molecule has 0 unspecified atom stereocenters. The highest BCUT2D eigenvalue weighted by Crippen LogP contribution is 2.25. The van der Waals surface area contributed by atoms with Crippen LogP contribution in [0.25, 0.3) is 10.9 Å². The first-order chi connectivity index (χ1) is 13.7. The Bertz CT molecular complexity index is 940. The van der Waals surface area contributed by atoms with E-state index in [1.165, 1.54) is 11.1 Å². The number of carbonyl (C=O) groups excluding carboxylic acids is 1. The zero-order valence-electron chi connectivity index (χ0n) is 16.6. The van der Waals surface area contributed by atoms with Crippen molar-refractivity contribution < 1.29 is 9.53 Å². The molecule has 2 aromatic carbocycles. The largest absolute Gasteiger partial charge is 0.378 e. The predicted molar refractivity (Wildman–Crippen MR) is 113 cm³/mol. The molecule has 4 rings (SSSR count). The lowest BCUT2D eigenvalue weighted by molar-refractivity contribution is 0.0304. The highest BCUT2D eigenvalue weighted by molar-refractivity contribution is 6.07. The van der Waals surface area contributed by atoms with Crippen molar-refractivity contribution >= 4 is 16.8 Å². The maximum Gasteiger partial charge on any atom is 0.256 e. The number of amides is 1. The molecule has 0 aliphatic carbocycles. The molecule has 0 saturated carbocycles. The third-order valence-corrected chi connectivity index (χ3v) is 5.52. The fourth-order valence-electron chi connectivity index (χ4n) is 3.95. The average molecular weight is 377 g/mol. The number of morpholine rings is 1. The Morgan fingerprint density at radius 1 is 1.04 bits per heavy atom. The molecule has 1 aliphatic rings. The van der Waals surface area contributed by atoms with Gasteiger partial charge < -0.3 is 14.2 Å². The second kappa shape index (κ2) is 8.61. The molecule has 146 valence electrons. The number of fused-ring (bicyclic) bond motifs is 1. The number of aromatic nitrogens is 1. The van der Waals surface area contributed by atoms with Crippen LogP contribution in [0, 0.1) is 6.92 Å². The summed E-state index contributed by atoms with van der Waals surface area (Å²) in [5.41, 5.74) is 4.59. The molecule has 28 heavy (non-hydrogen) atoms. The maximum absolute atomic E-state index is 13.1. The molecule has 4 heteroatoms. The molecular weight excluding hydrogens is 348 g/mol. The Balaban J connectivity index is 1.50. The maximum atomic E-state index is 13.1. The van der Waals surface area contributed by atoms with Gasteiger partial charge in [-0.15, -0.1) is 0 Å². The van der Waals surface area contributed by atoms with Crippen molar-refractivity contribution in [2.45, 2.75) is 32.7 Å². The van der Waals surface area contributed by atoms with Gasteiger partial charge in [-0.2, -0.15) is 0 Å². The highest BCUT2D eigenvalue weighted by atomic mass is 16.5. The number of aryl methyl sites for hydroxylation is 3. The molecule has 1 saturated heterocycles. The van der Waals surface area contributed by atoms with Crippen LogP contribution in [0.2, 0.25) is 0 Å². The molecular formula is C24H28N2O2. The van der Waals surface area contributed by atoms with Gasteiger partial charge in [0.1, 0.15) is 0 Å². The molecule has 0 radical (unpaired) electrons. The Hall–Kier alpha value is -2.59. The van der Waals surface area contributed by atoms with Crippen LogP contribution in [-0.4, -0.2) is 41.7 Å². The zero-order chi connectivity index (χ0) is 19.3. The topological polar surface area (TPSA) is 34.5 Å². The number of hydrogen-bond donors (Lipinski definition) is 0. The molecule has 1 aliphatic heterocycles. The number of hydrogen-bond acceptors (Lipinski definition) is 2. The molecule has 3 aromatic rings. The van der Waals surface area contributed by atoms with Crippen molar-refractivity contribution in [3.8, 4) is 0 Å². The van der Waals surface area contributed by atoms with Crippen LogP contribution in [0.3, 0.4) is 0 Å². The number of benzene rings is 2. The van der Waals surface area contributed by atoms with Crippen LogP contribution in [-0.2, 0) is 17.7 Å². The summed E-state index contributed by atoms with van der Waals surface area (Å²) in [5, 5.41) is 1.06. The smallest absolute Gasteiger partial charge is 0.256 e. The van der Waals surface area contributed by atoms with Gasteiger partial charge in [0.05, 0.1) is 18.8 Å². The van der Waals surface area contributed by atoms with Crippen LogP contribution in [0.1, 0.15) is 34.3 Å². The summed E-state index contributed by atoms with van der Waals surface area (Å²) < 4.78 is 7.66. The van der Waals surface area contributed by atoms with Crippen molar-refractivity contribution in [1.29, 1.82) is 0 Å². The van der Waals surface area contributed by atoms with E-state index in [1.807, 2.05) is 4.90 Å². The zero-order valence-corrected chi connectivity index (χ0v) is 16.6. The highest BCUT2D eigenvalue weighted by Gasteiger charge is 2.22. The normalized spacial score (nSPS) is 14.5. The molecule has 1 aromatic heterocycles. The monoisotopic (exact) mass is 376 g/mol. The van der Waals surface area contributed by atoms with Gasteiger partial charge in [-0.3, -0.25) is 4.79 Å². The summed E-state index contributed by atoms with van der Waals surface area (Å²) in [4.78, 5) is 15.0. The second-order valence-corrected chi connectivity index (χ2v) is 7.60. The number of rotatable bonds is 6. The van der Waals surface area contributed by atoms with Crippen LogP contribution >= 0.6 is 0 Å². The van der Waals surface area contributed by atoms with Gasteiger partial charge in [0, 0.05) is 36.7 Å². The Morgan fingerprint density at radius 2 is 1.82 bits per heavy atom. The lowest BCUT2D eigenvalue weighted by Gasteiger charge is -2.26. The lowest BCUT2D eigenvalue weighted by Crippen LogP contribution is -2.40. The molecule has 0 bridgehead atoms. The fourth-order valence-corrected chi connectivity index (χ4v) is 3.95. The first kappa shape index (κ1) is 18.8. The third kappa shape index (κ3) is 4.12. The molecule has 0 N–H and O–H groups in total. The summed E-state index contributed by atoms with van der Waals surface area (Å²) in [6.45, 7) is 5.65.